The molecule has 0 bridgehead atoms. The first-order chi connectivity index (χ1) is 7.20. The third-order valence-electron chi connectivity index (χ3n) is 2.11. The van der Waals surface area contributed by atoms with Crippen LogP contribution >= 0.6 is 22.9 Å². The van der Waals surface area contributed by atoms with E-state index >= 15 is 0 Å². The van der Waals surface area contributed by atoms with Gasteiger partial charge in [0.05, 0.1) is 5.69 Å². The number of aromatic nitrogens is 1. The third kappa shape index (κ3) is 2.13. The number of halogens is 1. The summed E-state index contributed by atoms with van der Waals surface area (Å²) >= 11 is 7.49. The fraction of sp³-hybridized carbons (Fsp3) is 0.182. The fourth-order valence-electron chi connectivity index (χ4n) is 1.34. The molecule has 0 saturated heterocycles. The van der Waals surface area contributed by atoms with Crippen molar-refractivity contribution in [3.63, 3.8) is 0 Å². The van der Waals surface area contributed by atoms with Gasteiger partial charge in [0.2, 0.25) is 0 Å². The Morgan fingerprint density at radius 3 is 2.47 bits per heavy atom. The second-order valence-electron chi connectivity index (χ2n) is 3.19. The fourth-order valence-corrected chi connectivity index (χ4v) is 2.40. The highest BCUT2D eigenvalue weighted by Gasteiger charge is 2.07. The molecule has 1 aromatic carbocycles. The Kier molecular flexibility index (Phi) is 2.93. The molecule has 0 aliphatic carbocycles. The first-order valence-electron chi connectivity index (χ1n) is 4.62. The smallest absolute Gasteiger partial charge is 0.125 e. The molecule has 1 heterocycles. The number of hydrogen-bond acceptors (Lipinski definition) is 3. The third-order valence-corrected chi connectivity index (χ3v) is 3.59. The maximum Gasteiger partial charge on any atom is 0.125 e. The lowest BCUT2D eigenvalue weighted by molar-refractivity contribution is 1.26. The summed E-state index contributed by atoms with van der Waals surface area (Å²) < 4.78 is 0. The van der Waals surface area contributed by atoms with Gasteiger partial charge in [-0.1, -0.05) is 35.1 Å². The molecule has 2 rings (SSSR count). The van der Waals surface area contributed by atoms with Gasteiger partial charge in [0.1, 0.15) is 10.0 Å². The maximum atomic E-state index is 5.83. The lowest BCUT2D eigenvalue weighted by Crippen LogP contribution is -1.85. The molecular weight excluding hydrogens is 228 g/mol. The van der Waals surface area contributed by atoms with Crippen molar-refractivity contribution in [2.24, 2.45) is 0 Å². The molecule has 0 saturated carbocycles. The zero-order valence-electron chi connectivity index (χ0n) is 8.54. The average Bonchev–Trinajstić information content (AvgIpc) is 2.61. The molecular formula is C11H11ClN2S. The Bertz CT molecular complexity index is 462. The molecule has 0 amide bonds. The van der Waals surface area contributed by atoms with Crippen LogP contribution in [0.15, 0.2) is 24.3 Å². The molecule has 4 heteroatoms. The molecule has 0 aliphatic rings. The SMILES string of the molecule is CNc1sc(-c2ccc(Cl)cc2)nc1C. The van der Waals surface area contributed by atoms with Gasteiger partial charge < -0.3 is 5.32 Å². The van der Waals surface area contributed by atoms with Gasteiger partial charge in [0.25, 0.3) is 0 Å². The second kappa shape index (κ2) is 4.21. The maximum absolute atomic E-state index is 5.83. The first kappa shape index (κ1) is 10.5. The van der Waals surface area contributed by atoms with Crippen LogP contribution in [0.1, 0.15) is 5.69 Å². The summed E-state index contributed by atoms with van der Waals surface area (Å²) in [5.41, 5.74) is 2.14. The largest absolute Gasteiger partial charge is 0.378 e. The van der Waals surface area contributed by atoms with E-state index in [-0.39, 0.29) is 0 Å². The number of nitrogens with zero attached hydrogens (tertiary/aromatic N) is 1. The molecule has 0 atom stereocenters. The Labute approximate surface area is 97.9 Å². The minimum absolute atomic E-state index is 0.751. The van der Waals surface area contributed by atoms with Crippen LogP contribution in [-0.2, 0) is 0 Å². The predicted molar refractivity (Wildman–Crippen MR) is 66.8 cm³/mol. The van der Waals surface area contributed by atoms with E-state index in [1.807, 2.05) is 38.2 Å². The van der Waals surface area contributed by atoms with Crippen LogP contribution in [-0.4, -0.2) is 12.0 Å². The van der Waals surface area contributed by atoms with Crippen molar-refractivity contribution < 1.29 is 0 Å². The van der Waals surface area contributed by atoms with Gasteiger partial charge in [-0.05, 0) is 19.1 Å². The van der Waals surface area contributed by atoms with E-state index in [2.05, 4.69) is 10.3 Å². The summed E-state index contributed by atoms with van der Waals surface area (Å²) in [4.78, 5) is 4.49. The summed E-state index contributed by atoms with van der Waals surface area (Å²) in [6.45, 7) is 2.00. The highest BCUT2D eigenvalue weighted by atomic mass is 35.5. The molecule has 0 fully saturated rings. The number of aryl methyl sites for hydroxylation is 1. The highest BCUT2D eigenvalue weighted by Crippen LogP contribution is 2.31. The summed E-state index contributed by atoms with van der Waals surface area (Å²) in [5.74, 6) is 0. The highest BCUT2D eigenvalue weighted by molar-refractivity contribution is 7.19. The van der Waals surface area contributed by atoms with Gasteiger partial charge in [0.15, 0.2) is 0 Å². The van der Waals surface area contributed by atoms with Crippen LogP contribution in [0.5, 0.6) is 0 Å². The molecule has 1 N–H and O–H groups in total. The molecule has 15 heavy (non-hydrogen) atoms. The van der Waals surface area contributed by atoms with E-state index in [4.69, 9.17) is 11.6 Å². The Morgan fingerprint density at radius 1 is 1.27 bits per heavy atom. The quantitative estimate of drug-likeness (QED) is 0.861. The lowest BCUT2D eigenvalue weighted by atomic mass is 10.2. The van der Waals surface area contributed by atoms with Gasteiger partial charge in [-0.15, -0.1) is 0 Å². The number of thiazole rings is 1. The van der Waals surface area contributed by atoms with Crippen molar-refractivity contribution >= 4 is 27.9 Å². The van der Waals surface area contributed by atoms with E-state index in [9.17, 15) is 0 Å². The van der Waals surface area contributed by atoms with Crippen molar-refractivity contribution in [2.45, 2.75) is 6.92 Å². The summed E-state index contributed by atoms with van der Waals surface area (Å²) in [6, 6.07) is 7.74. The lowest BCUT2D eigenvalue weighted by Gasteiger charge is -1.95. The van der Waals surface area contributed by atoms with Gasteiger partial charge >= 0.3 is 0 Å². The number of hydrogen-bond donors (Lipinski definition) is 1. The van der Waals surface area contributed by atoms with E-state index in [0.717, 1.165) is 26.3 Å². The van der Waals surface area contributed by atoms with Crippen LogP contribution < -0.4 is 5.32 Å². The number of nitrogens with one attached hydrogen (secondary N) is 1. The van der Waals surface area contributed by atoms with Crippen LogP contribution in [0.2, 0.25) is 5.02 Å². The predicted octanol–water partition coefficient (Wildman–Crippen LogP) is 3.81. The van der Waals surface area contributed by atoms with Crippen molar-refractivity contribution in [2.75, 3.05) is 12.4 Å². The molecule has 1 aromatic heterocycles. The number of benzene rings is 1. The first-order valence-corrected chi connectivity index (χ1v) is 5.81. The van der Waals surface area contributed by atoms with E-state index in [1.165, 1.54) is 0 Å². The Balaban J connectivity index is 2.41. The second-order valence-corrected chi connectivity index (χ2v) is 4.63. The topological polar surface area (TPSA) is 24.9 Å². The molecule has 0 unspecified atom stereocenters. The molecule has 0 aliphatic heterocycles. The Hall–Kier alpha value is -1.06. The summed E-state index contributed by atoms with van der Waals surface area (Å²) in [5, 5.41) is 6.01. The number of anilines is 1. The number of rotatable bonds is 2. The zero-order chi connectivity index (χ0) is 10.8. The summed E-state index contributed by atoms with van der Waals surface area (Å²) in [7, 11) is 1.91. The summed E-state index contributed by atoms with van der Waals surface area (Å²) in [6.07, 6.45) is 0. The molecule has 2 nitrogen and oxygen atoms in total. The molecule has 2 aromatic rings. The van der Waals surface area contributed by atoms with Crippen LogP contribution in [0.25, 0.3) is 10.6 Å². The van der Waals surface area contributed by atoms with Crippen LogP contribution in [0.4, 0.5) is 5.00 Å². The van der Waals surface area contributed by atoms with E-state index in [1.54, 1.807) is 11.3 Å². The van der Waals surface area contributed by atoms with Crippen molar-refractivity contribution in [1.29, 1.82) is 0 Å². The normalized spacial score (nSPS) is 10.3. The monoisotopic (exact) mass is 238 g/mol. The Morgan fingerprint density at radius 2 is 1.93 bits per heavy atom. The van der Waals surface area contributed by atoms with E-state index < -0.39 is 0 Å². The van der Waals surface area contributed by atoms with Crippen molar-refractivity contribution in [3.05, 3.63) is 35.0 Å². The minimum atomic E-state index is 0.751. The van der Waals surface area contributed by atoms with Gasteiger partial charge in [-0.2, -0.15) is 0 Å². The van der Waals surface area contributed by atoms with Crippen molar-refractivity contribution in [3.8, 4) is 10.6 Å². The minimum Gasteiger partial charge on any atom is -0.378 e. The van der Waals surface area contributed by atoms with Gasteiger partial charge in [-0.3, -0.25) is 0 Å². The van der Waals surface area contributed by atoms with E-state index in [0.29, 0.717) is 0 Å². The molecule has 0 spiro atoms. The van der Waals surface area contributed by atoms with Crippen LogP contribution in [0, 0.1) is 6.92 Å². The zero-order valence-corrected chi connectivity index (χ0v) is 10.1. The average molecular weight is 239 g/mol. The van der Waals surface area contributed by atoms with Crippen molar-refractivity contribution in [1.82, 2.24) is 4.98 Å². The van der Waals surface area contributed by atoms with Gasteiger partial charge in [-0.25, -0.2) is 4.98 Å². The van der Waals surface area contributed by atoms with Crippen LogP contribution in [0.3, 0.4) is 0 Å². The van der Waals surface area contributed by atoms with Gasteiger partial charge in [0, 0.05) is 17.6 Å². The molecule has 0 radical (unpaired) electrons. The molecule has 78 valence electrons. The standard InChI is InChI=1S/C11H11ClN2S/c1-7-10(13-2)15-11(14-7)8-3-5-9(12)6-4-8/h3-6,13H,1-2H3.